The van der Waals surface area contributed by atoms with E-state index in [2.05, 4.69) is 9.97 Å². The zero-order valence-corrected chi connectivity index (χ0v) is 11.3. The highest BCUT2D eigenvalue weighted by atomic mass is 32.2. The molecule has 0 saturated carbocycles. The van der Waals surface area contributed by atoms with Crippen LogP contribution in [0.4, 0.5) is 0 Å². The Morgan fingerprint density at radius 3 is 2.89 bits per heavy atom. The number of hydrogen-bond donors (Lipinski definition) is 2. The van der Waals surface area contributed by atoms with Crippen molar-refractivity contribution in [2.75, 3.05) is 13.2 Å². The Labute approximate surface area is 107 Å². The van der Waals surface area contributed by atoms with Gasteiger partial charge in [0.15, 0.2) is 5.03 Å². The second-order valence-corrected chi connectivity index (χ2v) is 6.49. The van der Waals surface area contributed by atoms with Crippen molar-refractivity contribution in [3.8, 4) is 0 Å². The minimum absolute atomic E-state index is 0.111. The summed E-state index contributed by atoms with van der Waals surface area (Å²) in [5.41, 5.74) is 0. The Morgan fingerprint density at radius 2 is 2.28 bits per heavy atom. The van der Waals surface area contributed by atoms with Gasteiger partial charge in [0.2, 0.25) is 0 Å². The van der Waals surface area contributed by atoms with Crippen LogP contribution in [0.25, 0.3) is 0 Å². The molecular weight excluding hydrogens is 254 g/mol. The van der Waals surface area contributed by atoms with Gasteiger partial charge in [0.25, 0.3) is 10.0 Å². The largest absolute Gasteiger partial charge is 0.395 e. The van der Waals surface area contributed by atoms with Gasteiger partial charge in [0.05, 0.1) is 12.8 Å². The van der Waals surface area contributed by atoms with Gasteiger partial charge in [-0.3, -0.25) is 0 Å². The third-order valence-electron chi connectivity index (χ3n) is 3.30. The predicted molar refractivity (Wildman–Crippen MR) is 66.6 cm³/mol. The number of aliphatic hydroxyl groups excluding tert-OH is 1. The second kappa shape index (κ2) is 5.38. The van der Waals surface area contributed by atoms with Crippen LogP contribution in [0.5, 0.6) is 0 Å². The highest BCUT2D eigenvalue weighted by Gasteiger charge is 2.33. The summed E-state index contributed by atoms with van der Waals surface area (Å²) in [6.07, 6.45) is 4.85. The molecule has 2 N–H and O–H groups in total. The van der Waals surface area contributed by atoms with Crippen LogP contribution in [0.3, 0.4) is 0 Å². The van der Waals surface area contributed by atoms with Gasteiger partial charge in [0, 0.05) is 12.6 Å². The fraction of sp³-hybridized carbons (Fsp3) is 0.727. The Morgan fingerprint density at radius 1 is 1.50 bits per heavy atom. The summed E-state index contributed by atoms with van der Waals surface area (Å²) >= 11 is 0. The van der Waals surface area contributed by atoms with Gasteiger partial charge in [-0.25, -0.2) is 13.4 Å². The minimum Gasteiger partial charge on any atom is -0.395 e. The molecule has 2 rings (SSSR count). The molecule has 0 radical (unpaired) electrons. The van der Waals surface area contributed by atoms with E-state index in [1.165, 1.54) is 10.5 Å². The molecule has 0 aromatic carbocycles. The molecule has 1 fully saturated rings. The average molecular weight is 273 g/mol. The third kappa shape index (κ3) is 2.57. The standard InChI is InChI=1S/C11H19N3O3S/c1-9-12-7-11(13-9)18(16,17)14-6-4-2-3-5-10(14)8-15/h7,10,15H,2-6,8H2,1H3,(H,12,13). The van der Waals surface area contributed by atoms with Crippen molar-refractivity contribution in [1.82, 2.24) is 14.3 Å². The Bertz CT molecular complexity index is 497. The number of aryl methyl sites for hydroxylation is 1. The molecule has 1 aliphatic rings. The minimum atomic E-state index is -3.57. The lowest BCUT2D eigenvalue weighted by Crippen LogP contribution is -2.42. The monoisotopic (exact) mass is 273 g/mol. The summed E-state index contributed by atoms with van der Waals surface area (Å²) in [5.74, 6) is 0.573. The molecule has 7 heteroatoms. The number of sulfonamides is 1. The van der Waals surface area contributed by atoms with E-state index in [-0.39, 0.29) is 17.7 Å². The lowest BCUT2D eigenvalue weighted by Gasteiger charge is -2.26. The summed E-state index contributed by atoms with van der Waals surface area (Å²) in [7, 11) is -3.57. The molecule has 0 amide bonds. The van der Waals surface area contributed by atoms with E-state index < -0.39 is 10.0 Å². The number of nitrogens with one attached hydrogen (secondary N) is 1. The molecular formula is C11H19N3O3S. The van der Waals surface area contributed by atoms with Crippen LogP contribution >= 0.6 is 0 Å². The Kier molecular flexibility index (Phi) is 4.04. The highest BCUT2D eigenvalue weighted by molar-refractivity contribution is 7.89. The first-order valence-corrected chi connectivity index (χ1v) is 7.64. The van der Waals surface area contributed by atoms with Gasteiger partial charge >= 0.3 is 0 Å². The molecule has 1 atom stereocenters. The Balaban J connectivity index is 2.32. The number of imidazole rings is 1. The van der Waals surface area contributed by atoms with Gasteiger partial charge in [-0.2, -0.15) is 4.31 Å². The molecule has 102 valence electrons. The number of nitrogens with zero attached hydrogens (tertiary/aromatic N) is 2. The summed E-state index contributed by atoms with van der Waals surface area (Å²) in [5, 5.41) is 9.48. The maximum absolute atomic E-state index is 12.5. The highest BCUT2D eigenvalue weighted by Crippen LogP contribution is 2.23. The average Bonchev–Trinajstić information content (AvgIpc) is 2.65. The van der Waals surface area contributed by atoms with E-state index in [1.807, 2.05) is 0 Å². The van der Waals surface area contributed by atoms with E-state index in [0.29, 0.717) is 18.8 Å². The predicted octanol–water partition coefficient (Wildman–Crippen LogP) is 0.644. The zero-order chi connectivity index (χ0) is 13.2. The van der Waals surface area contributed by atoms with Gasteiger partial charge in [-0.15, -0.1) is 0 Å². The molecule has 1 unspecified atom stereocenters. The fourth-order valence-electron chi connectivity index (χ4n) is 2.31. The molecule has 6 nitrogen and oxygen atoms in total. The van der Waals surface area contributed by atoms with Crippen LogP contribution in [-0.4, -0.2) is 47.0 Å². The molecule has 0 spiro atoms. The first kappa shape index (κ1) is 13.5. The van der Waals surface area contributed by atoms with Crippen molar-refractivity contribution in [3.05, 3.63) is 12.0 Å². The van der Waals surface area contributed by atoms with Gasteiger partial charge in [-0.05, 0) is 19.8 Å². The second-order valence-electron chi connectivity index (χ2n) is 4.63. The maximum atomic E-state index is 12.5. The first-order chi connectivity index (χ1) is 8.55. The maximum Gasteiger partial charge on any atom is 0.260 e. The number of H-pyrrole nitrogens is 1. The lowest BCUT2D eigenvalue weighted by atomic mass is 10.1. The van der Waals surface area contributed by atoms with Crippen molar-refractivity contribution < 1.29 is 13.5 Å². The number of hydrogen-bond acceptors (Lipinski definition) is 4. The quantitative estimate of drug-likeness (QED) is 0.846. The summed E-state index contributed by atoms with van der Waals surface area (Å²) in [6.45, 7) is 2.04. The van der Waals surface area contributed by atoms with Crippen molar-refractivity contribution in [1.29, 1.82) is 0 Å². The van der Waals surface area contributed by atoms with Crippen molar-refractivity contribution in [2.24, 2.45) is 0 Å². The van der Waals surface area contributed by atoms with Crippen LogP contribution in [0.2, 0.25) is 0 Å². The topological polar surface area (TPSA) is 86.3 Å². The van der Waals surface area contributed by atoms with E-state index >= 15 is 0 Å². The van der Waals surface area contributed by atoms with Crippen LogP contribution < -0.4 is 0 Å². The van der Waals surface area contributed by atoms with Crippen LogP contribution in [-0.2, 0) is 10.0 Å². The van der Waals surface area contributed by atoms with E-state index in [1.54, 1.807) is 6.92 Å². The molecule has 1 aliphatic heterocycles. The first-order valence-electron chi connectivity index (χ1n) is 6.20. The molecule has 2 heterocycles. The third-order valence-corrected chi connectivity index (χ3v) is 5.16. The number of aromatic nitrogens is 2. The fourth-order valence-corrected chi connectivity index (χ4v) is 3.95. The summed E-state index contributed by atoms with van der Waals surface area (Å²) < 4.78 is 26.3. The van der Waals surface area contributed by atoms with E-state index in [9.17, 15) is 13.5 Å². The number of rotatable bonds is 3. The van der Waals surface area contributed by atoms with Crippen molar-refractivity contribution in [3.63, 3.8) is 0 Å². The van der Waals surface area contributed by atoms with Crippen molar-refractivity contribution in [2.45, 2.75) is 43.7 Å². The summed E-state index contributed by atoms with van der Waals surface area (Å²) in [4.78, 5) is 6.68. The van der Waals surface area contributed by atoms with Gasteiger partial charge < -0.3 is 10.1 Å². The normalized spacial score (nSPS) is 22.9. The molecule has 0 bridgehead atoms. The molecule has 0 aliphatic carbocycles. The smallest absolute Gasteiger partial charge is 0.260 e. The molecule has 1 saturated heterocycles. The Hall–Kier alpha value is -0.920. The van der Waals surface area contributed by atoms with Crippen LogP contribution in [0.15, 0.2) is 11.2 Å². The van der Waals surface area contributed by atoms with Gasteiger partial charge in [-0.1, -0.05) is 12.8 Å². The van der Waals surface area contributed by atoms with Crippen LogP contribution in [0, 0.1) is 6.92 Å². The number of aliphatic hydroxyl groups is 1. The summed E-state index contributed by atoms with van der Waals surface area (Å²) in [6, 6.07) is -0.318. The SMILES string of the molecule is Cc1ncc(S(=O)(=O)N2CCCCCC2CO)[nH]1. The van der Waals surface area contributed by atoms with Crippen molar-refractivity contribution >= 4 is 10.0 Å². The van der Waals surface area contributed by atoms with Gasteiger partial charge in [0.1, 0.15) is 5.82 Å². The van der Waals surface area contributed by atoms with E-state index in [0.717, 1.165) is 19.3 Å². The molecule has 1 aromatic rings. The zero-order valence-electron chi connectivity index (χ0n) is 10.5. The molecule has 1 aromatic heterocycles. The lowest BCUT2D eigenvalue weighted by molar-refractivity contribution is 0.186. The molecule has 18 heavy (non-hydrogen) atoms. The number of aromatic amines is 1. The van der Waals surface area contributed by atoms with Crippen LogP contribution in [0.1, 0.15) is 31.5 Å². The van der Waals surface area contributed by atoms with E-state index in [4.69, 9.17) is 0 Å².